The minimum absolute atomic E-state index is 0. The zero-order valence-corrected chi connectivity index (χ0v) is 27.5. The number of hydrogen-bond donors (Lipinski definition) is 0. The van der Waals surface area contributed by atoms with Crippen molar-refractivity contribution in [1.82, 2.24) is 0 Å². The van der Waals surface area contributed by atoms with E-state index in [9.17, 15) is 0 Å². The van der Waals surface area contributed by atoms with Gasteiger partial charge in [-0.15, -0.1) is 0 Å². The molecule has 0 N–H and O–H groups in total. The van der Waals surface area contributed by atoms with E-state index >= 15 is 0 Å². The molecule has 0 aromatic carbocycles. The Morgan fingerprint density at radius 1 is 0.742 bits per heavy atom. The quantitative estimate of drug-likeness (QED) is 0.233. The van der Waals surface area contributed by atoms with Crippen LogP contribution >= 0.6 is 0 Å². The molecule has 3 heteroatoms. The molecule has 0 radical (unpaired) electrons. The van der Waals surface area contributed by atoms with Gasteiger partial charge in [-0.05, 0) is 60.3 Å². The SMILES string of the molecule is CCCCC1CCC([SiH](C)[SiH](C)C2C(C)CC3CC4CCCC4CC32)C1.[CH3-].[CH3-].[CH3-].[CH3-].[Zr+4]. The van der Waals surface area contributed by atoms with Crippen LogP contribution in [0.15, 0.2) is 0 Å². The van der Waals surface area contributed by atoms with Crippen LogP contribution in [-0.2, 0) is 26.2 Å². The van der Waals surface area contributed by atoms with Crippen LogP contribution in [0, 0.1) is 65.2 Å². The van der Waals surface area contributed by atoms with Gasteiger partial charge < -0.3 is 29.7 Å². The maximum Gasteiger partial charge on any atom is 4.00 e. The number of hydrogen-bond acceptors (Lipinski definition) is 0. The third-order valence-electron chi connectivity index (χ3n) is 10.2. The second-order valence-electron chi connectivity index (χ2n) is 11.4. The minimum atomic E-state index is -0.508. The van der Waals surface area contributed by atoms with Gasteiger partial charge in [-0.1, -0.05) is 90.3 Å². The molecule has 4 rings (SSSR count). The van der Waals surface area contributed by atoms with Gasteiger partial charge in [0, 0.05) is 16.6 Å². The van der Waals surface area contributed by atoms with E-state index < -0.39 is 16.6 Å². The van der Waals surface area contributed by atoms with E-state index in [2.05, 4.69) is 26.9 Å². The number of unbranched alkanes of at least 4 members (excludes halogenated alkanes) is 1. The standard InChI is InChI=1S/C24H46Si2.4CH3.Zr/c1-5-6-8-18-11-12-22(14-18)25(3)26(4)24-17(2)13-21-15-19-9-7-10-20(19)16-23(21)24;;;;;/h17-26H,5-16H2,1-4H3;4*1H3;/q;4*-1;+4. The van der Waals surface area contributed by atoms with E-state index in [-0.39, 0.29) is 55.9 Å². The van der Waals surface area contributed by atoms with Crippen molar-refractivity contribution in [2.45, 2.75) is 115 Å². The molecule has 0 spiro atoms. The first-order valence-electron chi connectivity index (χ1n) is 12.6. The molecule has 4 aliphatic carbocycles. The Balaban J connectivity index is 0. The Morgan fingerprint density at radius 2 is 1.39 bits per heavy atom. The summed E-state index contributed by atoms with van der Waals surface area (Å²) in [6, 6.07) is 0. The fourth-order valence-electron chi connectivity index (χ4n) is 8.67. The van der Waals surface area contributed by atoms with Crippen molar-refractivity contribution in [2.24, 2.45) is 35.5 Å². The third kappa shape index (κ3) is 7.40. The van der Waals surface area contributed by atoms with Gasteiger partial charge >= 0.3 is 26.2 Å². The average molecular weight is 542 g/mol. The Labute approximate surface area is 222 Å². The number of fused-ring (bicyclic) bond motifs is 2. The molecule has 0 amide bonds. The molecule has 0 saturated heterocycles. The third-order valence-corrected chi connectivity index (χ3v) is 24.2. The van der Waals surface area contributed by atoms with Gasteiger partial charge in [-0.3, -0.25) is 0 Å². The van der Waals surface area contributed by atoms with Crippen LogP contribution in [-0.4, -0.2) is 16.6 Å². The Hall–Kier alpha value is 1.32. The molecule has 0 aliphatic heterocycles. The van der Waals surface area contributed by atoms with Gasteiger partial charge in [0.05, 0.1) is 0 Å². The second kappa shape index (κ2) is 15.3. The van der Waals surface area contributed by atoms with E-state index in [0.717, 1.165) is 29.6 Å². The first kappa shape index (κ1) is 34.5. The van der Waals surface area contributed by atoms with Gasteiger partial charge in [0.25, 0.3) is 0 Å². The normalized spacial score (nSPS) is 39.9. The molecule has 0 bridgehead atoms. The molecule has 4 fully saturated rings. The fourth-order valence-corrected chi connectivity index (χ4v) is 21.9. The summed E-state index contributed by atoms with van der Waals surface area (Å²) in [7, 11) is -0.978. The smallest absolute Gasteiger partial charge is 0.358 e. The van der Waals surface area contributed by atoms with Gasteiger partial charge in [-0.2, -0.15) is 0 Å². The summed E-state index contributed by atoms with van der Waals surface area (Å²) in [4.78, 5) is 0. The Kier molecular flexibility index (Phi) is 17.1. The van der Waals surface area contributed by atoms with Crippen LogP contribution in [0.5, 0.6) is 0 Å². The van der Waals surface area contributed by atoms with Crippen molar-refractivity contribution in [2.75, 3.05) is 0 Å². The van der Waals surface area contributed by atoms with Crippen molar-refractivity contribution in [3.05, 3.63) is 29.7 Å². The van der Waals surface area contributed by atoms with Gasteiger partial charge in [0.2, 0.25) is 0 Å². The van der Waals surface area contributed by atoms with Gasteiger partial charge in [0.15, 0.2) is 0 Å². The molecule has 0 nitrogen and oxygen atoms in total. The van der Waals surface area contributed by atoms with E-state index in [1.54, 1.807) is 64.2 Å². The summed E-state index contributed by atoms with van der Waals surface area (Å²) < 4.78 is 0. The molecule has 10 unspecified atom stereocenters. The van der Waals surface area contributed by atoms with Crippen LogP contribution in [0.2, 0.25) is 24.2 Å². The van der Waals surface area contributed by atoms with Crippen molar-refractivity contribution in [1.29, 1.82) is 0 Å². The molecule has 4 aliphatic rings. The molecular formula is C28H58Si2Zr. The zero-order chi connectivity index (χ0) is 18.3. The van der Waals surface area contributed by atoms with E-state index in [1.165, 1.54) is 29.8 Å². The molecule has 0 aromatic heterocycles. The van der Waals surface area contributed by atoms with E-state index in [1.807, 2.05) is 0 Å². The predicted molar refractivity (Wildman–Crippen MR) is 147 cm³/mol. The second-order valence-corrected chi connectivity index (χ2v) is 22.9. The van der Waals surface area contributed by atoms with Crippen molar-refractivity contribution in [3.8, 4) is 0 Å². The van der Waals surface area contributed by atoms with Crippen molar-refractivity contribution >= 4 is 16.6 Å². The van der Waals surface area contributed by atoms with E-state index in [0.29, 0.717) is 0 Å². The predicted octanol–water partition coefficient (Wildman–Crippen LogP) is 8.79. The minimum Gasteiger partial charge on any atom is -0.358 e. The van der Waals surface area contributed by atoms with E-state index in [4.69, 9.17) is 0 Å². The van der Waals surface area contributed by atoms with Crippen molar-refractivity contribution < 1.29 is 26.2 Å². The fraction of sp³-hybridized carbons (Fsp3) is 0.857. The molecule has 0 heterocycles. The largest absolute Gasteiger partial charge is 4.00 e. The van der Waals surface area contributed by atoms with Crippen LogP contribution in [0.4, 0.5) is 0 Å². The molecule has 0 aromatic rings. The first-order chi connectivity index (χ1) is 12.6. The maximum absolute atomic E-state index is 2.88. The summed E-state index contributed by atoms with van der Waals surface area (Å²) in [5.41, 5.74) is 2.49. The molecular weight excluding hydrogens is 484 g/mol. The molecule has 31 heavy (non-hydrogen) atoms. The summed E-state index contributed by atoms with van der Waals surface area (Å²) in [5, 5.41) is 0. The zero-order valence-electron chi connectivity index (χ0n) is 22.8. The van der Waals surface area contributed by atoms with Crippen LogP contribution < -0.4 is 0 Å². The summed E-state index contributed by atoms with van der Waals surface area (Å²) in [6.07, 6.45) is 19.0. The van der Waals surface area contributed by atoms with Crippen LogP contribution in [0.25, 0.3) is 0 Å². The Bertz CT molecular complexity index is 470. The molecule has 4 saturated carbocycles. The van der Waals surface area contributed by atoms with Crippen LogP contribution in [0.3, 0.4) is 0 Å². The monoisotopic (exact) mass is 540 g/mol. The summed E-state index contributed by atoms with van der Waals surface area (Å²) in [5.74, 6) is 6.89. The maximum atomic E-state index is 2.88. The summed E-state index contributed by atoms with van der Waals surface area (Å²) >= 11 is 0. The van der Waals surface area contributed by atoms with Crippen molar-refractivity contribution in [3.63, 3.8) is 0 Å². The molecule has 182 valence electrons. The topological polar surface area (TPSA) is 0 Å². The molecule has 10 atom stereocenters. The first-order valence-corrected chi connectivity index (χ1v) is 18.9. The Morgan fingerprint density at radius 3 is 2.03 bits per heavy atom. The average Bonchev–Trinajstić information content (AvgIpc) is 3.34. The van der Waals surface area contributed by atoms with Crippen LogP contribution in [0.1, 0.15) is 90.9 Å². The summed E-state index contributed by atoms with van der Waals surface area (Å²) in [6.45, 7) is 10.8. The van der Waals surface area contributed by atoms with Gasteiger partial charge in [0.1, 0.15) is 0 Å². The number of rotatable bonds is 6. The van der Waals surface area contributed by atoms with Gasteiger partial charge in [-0.25, -0.2) is 0 Å².